The second-order valence-corrected chi connectivity index (χ2v) is 9.48. The average Bonchev–Trinajstić information content (AvgIpc) is 2.97. The molecule has 1 saturated heterocycles. The van der Waals surface area contributed by atoms with Crippen LogP contribution < -0.4 is 20.9 Å². The third-order valence-corrected chi connectivity index (χ3v) is 6.96. The van der Waals surface area contributed by atoms with E-state index in [0.717, 1.165) is 50.1 Å². The summed E-state index contributed by atoms with van der Waals surface area (Å²) in [4.78, 5) is 42.2. The summed E-state index contributed by atoms with van der Waals surface area (Å²) >= 11 is 0. The molecular weight excluding hydrogens is 524 g/mol. The number of amides is 4. The van der Waals surface area contributed by atoms with Gasteiger partial charge in [0.2, 0.25) is 0 Å². The third-order valence-electron chi connectivity index (χ3n) is 6.96. The van der Waals surface area contributed by atoms with E-state index in [2.05, 4.69) is 33.0 Å². The molecule has 10 nitrogen and oxygen atoms in total. The van der Waals surface area contributed by atoms with Crippen molar-refractivity contribution in [3.63, 3.8) is 0 Å². The number of ether oxygens (including phenoxy) is 2. The number of carbonyl (C=O) groups is 3. The van der Waals surface area contributed by atoms with Crippen molar-refractivity contribution in [2.75, 3.05) is 51.9 Å². The van der Waals surface area contributed by atoms with Gasteiger partial charge in [-0.15, -0.1) is 0 Å². The topological polar surface area (TPSA) is 112 Å². The van der Waals surface area contributed by atoms with E-state index >= 15 is 0 Å². The van der Waals surface area contributed by atoms with Crippen LogP contribution in [-0.4, -0.2) is 76.0 Å². The Balaban J connectivity index is 1.43. The molecule has 214 valence electrons. The highest BCUT2D eigenvalue weighted by Crippen LogP contribution is 2.35. The summed E-state index contributed by atoms with van der Waals surface area (Å²) < 4.78 is 37.9. The second-order valence-electron chi connectivity index (χ2n) is 9.48. The zero-order chi connectivity index (χ0) is 28.6. The molecule has 4 rings (SSSR count). The number of esters is 1. The van der Waals surface area contributed by atoms with Crippen molar-refractivity contribution >= 4 is 23.7 Å². The van der Waals surface area contributed by atoms with Gasteiger partial charge in [-0.05, 0) is 42.7 Å². The lowest BCUT2D eigenvalue weighted by atomic mass is 9.93. The third kappa shape index (κ3) is 6.57. The number of hydrogen-bond acceptors (Lipinski definition) is 7. The van der Waals surface area contributed by atoms with Gasteiger partial charge in [-0.2, -0.15) is 0 Å². The minimum absolute atomic E-state index is 0.0150. The maximum atomic E-state index is 14.2. The van der Waals surface area contributed by atoms with E-state index < -0.39 is 35.7 Å². The van der Waals surface area contributed by atoms with Gasteiger partial charge < -0.3 is 30.3 Å². The summed E-state index contributed by atoms with van der Waals surface area (Å²) in [5.74, 6) is -3.16. The summed E-state index contributed by atoms with van der Waals surface area (Å²) in [7, 11) is 2.50. The molecule has 1 fully saturated rings. The first kappa shape index (κ1) is 29.0. The van der Waals surface area contributed by atoms with E-state index in [1.165, 1.54) is 18.9 Å². The molecule has 0 spiro atoms. The fraction of sp³-hybridized carbons (Fsp3) is 0.393. The van der Waals surface area contributed by atoms with Crippen LogP contribution in [0.2, 0.25) is 0 Å². The van der Waals surface area contributed by atoms with E-state index in [-0.39, 0.29) is 36.0 Å². The zero-order valence-corrected chi connectivity index (χ0v) is 22.4. The number of methoxy groups -OCH3 is 2. The first-order chi connectivity index (χ1) is 19.3. The van der Waals surface area contributed by atoms with Gasteiger partial charge in [0.25, 0.3) is 0 Å². The number of imide groups is 1. The Morgan fingerprint density at radius 1 is 1.02 bits per heavy atom. The van der Waals surface area contributed by atoms with E-state index in [1.807, 2.05) is 18.2 Å². The van der Waals surface area contributed by atoms with E-state index in [9.17, 15) is 23.2 Å². The molecule has 2 heterocycles. The summed E-state index contributed by atoms with van der Waals surface area (Å²) in [5.41, 5.74) is 1.13. The Labute approximate surface area is 231 Å². The molecule has 3 N–H and O–H groups in total. The van der Waals surface area contributed by atoms with Crippen LogP contribution in [0, 0.1) is 11.6 Å². The van der Waals surface area contributed by atoms with Gasteiger partial charge in [-0.1, -0.05) is 24.3 Å². The zero-order valence-electron chi connectivity index (χ0n) is 22.4. The van der Waals surface area contributed by atoms with Crippen LogP contribution in [0.4, 0.5) is 24.1 Å². The lowest BCUT2D eigenvalue weighted by molar-refractivity contribution is -0.137. The number of halogens is 2. The normalized spacial score (nSPS) is 18.0. The highest BCUT2D eigenvalue weighted by Gasteiger charge is 2.43. The van der Waals surface area contributed by atoms with Crippen LogP contribution >= 0.6 is 0 Å². The Kier molecular flexibility index (Phi) is 9.67. The molecular formula is C28H33F2N5O5. The van der Waals surface area contributed by atoms with Crippen LogP contribution in [0.5, 0.6) is 0 Å². The highest BCUT2D eigenvalue weighted by molar-refractivity contribution is 6.01. The summed E-state index contributed by atoms with van der Waals surface area (Å²) in [6.45, 7) is 2.27. The highest BCUT2D eigenvalue weighted by atomic mass is 19.2. The van der Waals surface area contributed by atoms with Gasteiger partial charge in [0.1, 0.15) is 6.04 Å². The Morgan fingerprint density at radius 2 is 1.75 bits per heavy atom. The summed E-state index contributed by atoms with van der Waals surface area (Å²) in [6.07, 6.45) is 1.87. The van der Waals surface area contributed by atoms with E-state index in [4.69, 9.17) is 9.47 Å². The Morgan fingerprint density at radius 3 is 2.40 bits per heavy atom. The lowest BCUT2D eigenvalue weighted by Crippen LogP contribution is -2.56. The number of carbonyl (C=O) groups excluding carboxylic acids is 3. The molecule has 0 bridgehead atoms. The van der Waals surface area contributed by atoms with Crippen molar-refractivity contribution in [3.8, 4) is 0 Å². The molecule has 2 aromatic rings. The second kappa shape index (κ2) is 13.4. The van der Waals surface area contributed by atoms with Crippen LogP contribution in [0.1, 0.15) is 24.4 Å². The molecule has 4 amide bonds. The Bertz CT molecular complexity index is 1250. The number of nitrogens with zero attached hydrogens (tertiary/aromatic N) is 2. The SMILES string of the molecule is COCC1=C(C(=O)OC)C(c2ccc(F)c(F)c2)N(C(=O)NCCNC2CCN(c3ccccc3)CC2)C(=O)N1. The van der Waals surface area contributed by atoms with Gasteiger partial charge in [0.05, 0.1) is 25.0 Å². The monoisotopic (exact) mass is 557 g/mol. The van der Waals surface area contributed by atoms with Crippen molar-refractivity contribution in [1.82, 2.24) is 20.9 Å². The lowest BCUT2D eigenvalue weighted by Gasteiger charge is -2.37. The quantitative estimate of drug-likeness (QED) is 0.321. The molecule has 12 heteroatoms. The van der Waals surface area contributed by atoms with Crippen LogP contribution in [0.25, 0.3) is 0 Å². The van der Waals surface area contributed by atoms with Gasteiger partial charge in [-0.25, -0.2) is 28.1 Å². The molecule has 2 aliphatic rings. The maximum Gasteiger partial charge on any atom is 0.338 e. The summed E-state index contributed by atoms with van der Waals surface area (Å²) in [5, 5.41) is 8.61. The fourth-order valence-electron chi connectivity index (χ4n) is 4.99. The number of urea groups is 2. The number of benzene rings is 2. The van der Waals surface area contributed by atoms with E-state index in [0.29, 0.717) is 6.54 Å². The molecule has 40 heavy (non-hydrogen) atoms. The molecule has 0 aromatic heterocycles. The molecule has 0 saturated carbocycles. The van der Waals surface area contributed by atoms with Crippen LogP contribution in [0.3, 0.4) is 0 Å². The number of anilines is 1. The predicted molar refractivity (Wildman–Crippen MR) is 143 cm³/mol. The van der Waals surface area contributed by atoms with Crippen molar-refractivity contribution in [2.45, 2.75) is 24.9 Å². The molecule has 2 aliphatic heterocycles. The first-order valence-corrected chi connectivity index (χ1v) is 13.0. The fourth-order valence-corrected chi connectivity index (χ4v) is 4.99. The van der Waals surface area contributed by atoms with Crippen molar-refractivity contribution in [3.05, 3.63) is 77.0 Å². The molecule has 1 unspecified atom stereocenters. The molecule has 0 radical (unpaired) electrons. The van der Waals surface area contributed by atoms with Gasteiger partial charge in [-0.3, -0.25) is 0 Å². The van der Waals surface area contributed by atoms with Gasteiger partial charge in [0, 0.05) is 45.0 Å². The maximum absolute atomic E-state index is 14.2. The number of rotatable bonds is 9. The van der Waals surface area contributed by atoms with Crippen LogP contribution in [-0.2, 0) is 14.3 Å². The number of nitrogens with one attached hydrogen (secondary N) is 3. The summed E-state index contributed by atoms with van der Waals surface area (Å²) in [6, 6.07) is 10.4. The molecule has 1 atom stereocenters. The van der Waals surface area contributed by atoms with Crippen molar-refractivity contribution in [2.24, 2.45) is 0 Å². The number of para-hydroxylation sites is 1. The van der Waals surface area contributed by atoms with Crippen LogP contribution in [0.15, 0.2) is 59.8 Å². The predicted octanol–water partition coefficient (Wildman–Crippen LogP) is 3.07. The largest absolute Gasteiger partial charge is 0.466 e. The van der Waals surface area contributed by atoms with Crippen molar-refractivity contribution < 1.29 is 32.6 Å². The molecule has 2 aromatic carbocycles. The first-order valence-electron chi connectivity index (χ1n) is 13.0. The van der Waals surface area contributed by atoms with E-state index in [1.54, 1.807) is 0 Å². The van der Waals surface area contributed by atoms with Gasteiger partial charge in [0.15, 0.2) is 11.6 Å². The Hall–Kier alpha value is -4.03. The smallest absolute Gasteiger partial charge is 0.338 e. The number of piperidine rings is 1. The standard InChI is InChI=1S/C28H33F2N5O5/c1-39-17-23-24(26(36)40-2)25(18-8-9-21(29)22(30)16-18)35(28(38)33-23)27(37)32-13-12-31-19-10-14-34(15-11-19)20-6-4-3-5-7-20/h3-9,16,19,25,31H,10-15,17H2,1-2H3,(H,32,37)(H,33,38). The number of hydrogen-bond donors (Lipinski definition) is 3. The molecule has 0 aliphatic carbocycles. The van der Waals surface area contributed by atoms with Gasteiger partial charge >= 0.3 is 18.0 Å². The average molecular weight is 558 g/mol. The van der Waals surface area contributed by atoms with Crippen molar-refractivity contribution in [1.29, 1.82) is 0 Å². The minimum Gasteiger partial charge on any atom is -0.466 e. The minimum atomic E-state index is -1.38.